The van der Waals surface area contributed by atoms with Crippen LogP contribution in [0.5, 0.6) is 0 Å². The van der Waals surface area contributed by atoms with Gasteiger partial charge in [-0.3, -0.25) is 14.4 Å². The fourth-order valence-electron chi connectivity index (χ4n) is 9.55. The second kappa shape index (κ2) is 66.8. The van der Waals surface area contributed by atoms with E-state index in [4.69, 9.17) is 14.2 Å². The molecule has 0 saturated carbocycles. The van der Waals surface area contributed by atoms with Gasteiger partial charge >= 0.3 is 17.9 Å². The first-order valence-corrected chi connectivity index (χ1v) is 33.7. The van der Waals surface area contributed by atoms with E-state index in [1.165, 1.54) is 180 Å². The molecule has 0 radical (unpaired) electrons. The van der Waals surface area contributed by atoms with E-state index in [2.05, 4.69) is 118 Å². The van der Waals surface area contributed by atoms with Crippen LogP contribution in [0.25, 0.3) is 0 Å². The summed E-state index contributed by atoms with van der Waals surface area (Å²) in [6, 6.07) is 0. The maximum absolute atomic E-state index is 12.9. The van der Waals surface area contributed by atoms with Gasteiger partial charge < -0.3 is 14.2 Å². The van der Waals surface area contributed by atoms with Crippen molar-refractivity contribution in [1.29, 1.82) is 0 Å². The topological polar surface area (TPSA) is 78.9 Å². The summed E-state index contributed by atoms with van der Waals surface area (Å²) in [6.45, 7) is 6.49. The minimum Gasteiger partial charge on any atom is -0.462 e. The lowest BCUT2D eigenvalue weighted by Gasteiger charge is -2.18. The Balaban J connectivity index is 4.34. The normalized spacial score (nSPS) is 12.7. The molecular weight excluding hydrogens is 973 g/mol. The number of hydrogen-bond donors (Lipinski definition) is 0. The standard InChI is InChI=1S/C73H126O6/c1-4-7-10-13-16-19-22-25-27-29-31-33-35-36-37-39-40-42-44-46-48-51-54-57-60-63-66-72(75)78-69-70(68-77-71(74)65-62-59-56-53-50-24-21-18-15-12-9-6-3)79-73(76)67-64-61-58-55-52-49-47-45-43-41-38-34-32-30-28-26-23-20-17-14-11-8-5-2/h8,11,17-18,20-21,26,28,32,34,41,43,47,49,55,58,70H,4-7,9-10,12-16,19,22-25,27,29-31,33,35-40,42,44-46,48,50-54,56-57,59-69H2,1-3H3/b11-8-,20-17-,21-18-,28-26-,34-32-,43-41-,49-47-,58-55-. The zero-order valence-corrected chi connectivity index (χ0v) is 52.1. The smallest absolute Gasteiger partial charge is 0.306 e. The van der Waals surface area contributed by atoms with Crippen LogP contribution in [-0.4, -0.2) is 37.2 Å². The SMILES string of the molecule is CC/C=C\C/C=C\C/C=C\C/C=C\C/C=C\C/C=C\C/C=C\CCCC(=O)OC(COC(=O)CCCCCCC/C=C\CCCCC)COC(=O)CCCCCCCCCCCCCCCCCCCCCCCCCCCC. The molecule has 0 spiro atoms. The quantitative estimate of drug-likeness (QED) is 0.0261. The van der Waals surface area contributed by atoms with Gasteiger partial charge in [-0.05, 0) is 96.3 Å². The van der Waals surface area contributed by atoms with Crippen LogP contribution in [0.1, 0.15) is 329 Å². The van der Waals surface area contributed by atoms with E-state index in [1.54, 1.807) is 0 Å². The first-order valence-electron chi connectivity index (χ1n) is 33.7. The molecule has 0 saturated heterocycles. The minimum atomic E-state index is -0.812. The van der Waals surface area contributed by atoms with Crippen LogP contribution < -0.4 is 0 Å². The average molecular weight is 1100 g/mol. The summed E-state index contributed by atoms with van der Waals surface area (Å²) in [5, 5.41) is 0. The van der Waals surface area contributed by atoms with Gasteiger partial charge in [0, 0.05) is 19.3 Å². The van der Waals surface area contributed by atoms with Gasteiger partial charge in [-0.2, -0.15) is 0 Å². The number of carbonyl (C=O) groups is 3. The Morgan fingerprint density at radius 2 is 0.506 bits per heavy atom. The molecule has 1 unspecified atom stereocenters. The van der Waals surface area contributed by atoms with Gasteiger partial charge in [0.05, 0.1) is 0 Å². The molecule has 79 heavy (non-hydrogen) atoms. The Hall–Kier alpha value is -3.67. The van der Waals surface area contributed by atoms with Gasteiger partial charge in [-0.25, -0.2) is 0 Å². The van der Waals surface area contributed by atoms with Crippen LogP contribution >= 0.6 is 0 Å². The Morgan fingerprint density at radius 1 is 0.266 bits per heavy atom. The number of rotatable bonds is 61. The molecule has 0 heterocycles. The van der Waals surface area contributed by atoms with Crippen LogP contribution in [-0.2, 0) is 28.6 Å². The number of carbonyl (C=O) groups excluding carboxylic acids is 3. The molecule has 0 rings (SSSR count). The van der Waals surface area contributed by atoms with Crippen molar-refractivity contribution in [3.05, 3.63) is 97.2 Å². The Morgan fingerprint density at radius 3 is 0.848 bits per heavy atom. The molecule has 6 heteroatoms. The van der Waals surface area contributed by atoms with Gasteiger partial charge in [0.1, 0.15) is 13.2 Å². The van der Waals surface area contributed by atoms with E-state index in [-0.39, 0.29) is 37.5 Å². The highest BCUT2D eigenvalue weighted by Crippen LogP contribution is 2.17. The van der Waals surface area contributed by atoms with Crippen LogP contribution in [0.2, 0.25) is 0 Å². The molecule has 0 aliphatic rings. The highest BCUT2D eigenvalue weighted by Gasteiger charge is 2.19. The predicted octanol–water partition coefficient (Wildman–Crippen LogP) is 23.2. The predicted molar refractivity (Wildman–Crippen MR) is 344 cm³/mol. The zero-order valence-electron chi connectivity index (χ0n) is 52.1. The zero-order chi connectivity index (χ0) is 57.1. The summed E-state index contributed by atoms with van der Waals surface area (Å²) in [6.07, 6.45) is 90.1. The molecular formula is C73H126O6. The van der Waals surface area contributed by atoms with Crippen molar-refractivity contribution in [3.63, 3.8) is 0 Å². The lowest BCUT2D eigenvalue weighted by molar-refractivity contribution is -0.167. The lowest BCUT2D eigenvalue weighted by atomic mass is 10.0. The first-order chi connectivity index (χ1) is 39.0. The molecule has 0 amide bonds. The van der Waals surface area contributed by atoms with Crippen molar-refractivity contribution in [1.82, 2.24) is 0 Å². The number of ether oxygens (including phenoxy) is 3. The van der Waals surface area contributed by atoms with E-state index in [1.807, 2.05) is 0 Å². The molecule has 0 aromatic rings. The molecule has 1 atom stereocenters. The molecule has 0 fully saturated rings. The van der Waals surface area contributed by atoms with Crippen LogP contribution in [0.3, 0.4) is 0 Å². The Labute approximate surface area is 489 Å². The summed E-state index contributed by atoms with van der Waals surface area (Å²) in [5.41, 5.74) is 0. The summed E-state index contributed by atoms with van der Waals surface area (Å²) in [7, 11) is 0. The number of hydrogen-bond acceptors (Lipinski definition) is 6. The third-order valence-electron chi connectivity index (χ3n) is 14.6. The van der Waals surface area contributed by atoms with Crippen molar-refractivity contribution >= 4 is 17.9 Å². The van der Waals surface area contributed by atoms with Gasteiger partial charge in [0.25, 0.3) is 0 Å². The van der Waals surface area contributed by atoms with Crippen molar-refractivity contribution in [2.45, 2.75) is 335 Å². The summed E-state index contributed by atoms with van der Waals surface area (Å²) >= 11 is 0. The van der Waals surface area contributed by atoms with E-state index in [0.29, 0.717) is 19.3 Å². The van der Waals surface area contributed by atoms with Crippen LogP contribution in [0, 0.1) is 0 Å². The molecule has 0 aromatic carbocycles. The Bertz CT molecular complexity index is 1540. The molecule has 6 nitrogen and oxygen atoms in total. The number of unbranched alkanes of at least 4 members (excludes halogenated alkanes) is 34. The van der Waals surface area contributed by atoms with E-state index >= 15 is 0 Å². The third kappa shape index (κ3) is 65.0. The van der Waals surface area contributed by atoms with E-state index in [9.17, 15) is 14.4 Å². The average Bonchev–Trinajstić information content (AvgIpc) is 3.45. The van der Waals surface area contributed by atoms with Crippen LogP contribution in [0.4, 0.5) is 0 Å². The highest BCUT2D eigenvalue weighted by atomic mass is 16.6. The fraction of sp³-hybridized carbons (Fsp3) is 0.740. The van der Waals surface area contributed by atoms with Crippen molar-refractivity contribution in [2.24, 2.45) is 0 Å². The molecule has 0 aromatic heterocycles. The van der Waals surface area contributed by atoms with Gasteiger partial charge in [0.2, 0.25) is 0 Å². The van der Waals surface area contributed by atoms with Crippen molar-refractivity contribution < 1.29 is 28.6 Å². The first kappa shape index (κ1) is 75.3. The van der Waals surface area contributed by atoms with Crippen molar-refractivity contribution in [3.8, 4) is 0 Å². The molecule has 0 aliphatic heterocycles. The second-order valence-corrected chi connectivity index (χ2v) is 22.4. The van der Waals surface area contributed by atoms with Crippen LogP contribution in [0.15, 0.2) is 97.2 Å². The highest BCUT2D eigenvalue weighted by molar-refractivity contribution is 5.71. The number of allylic oxidation sites excluding steroid dienone is 16. The summed E-state index contributed by atoms with van der Waals surface area (Å²) in [4.78, 5) is 38.3. The fourth-order valence-corrected chi connectivity index (χ4v) is 9.55. The lowest BCUT2D eigenvalue weighted by Crippen LogP contribution is -2.30. The molecule has 0 aliphatic carbocycles. The second-order valence-electron chi connectivity index (χ2n) is 22.4. The van der Waals surface area contributed by atoms with E-state index in [0.717, 1.165) is 103 Å². The molecule has 0 N–H and O–H groups in total. The van der Waals surface area contributed by atoms with Gasteiger partial charge in [-0.1, -0.05) is 311 Å². The largest absolute Gasteiger partial charge is 0.462 e. The van der Waals surface area contributed by atoms with Crippen molar-refractivity contribution in [2.75, 3.05) is 13.2 Å². The monoisotopic (exact) mass is 1100 g/mol. The minimum absolute atomic E-state index is 0.101. The summed E-state index contributed by atoms with van der Waals surface area (Å²) < 4.78 is 16.9. The molecule has 0 bridgehead atoms. The Kier molecular flexibility index (Phi) is 63.7. The van der Waals surface area contributed by atoms with Gasteiger partial charge in [-0.15, -0.1) is 0 Å². The number of esters is 3. The van der Waals surface area contributed by atoms with E-state index < -0.39 is 6.10 Å². The maximum atomic E-state index is 12.9. The maximum Gasteiger partial charge on any atom is 0.306 e. The molecule has 454 valence electrons. The summed E-state index contributed by atoms with van der Waals surface area (Å²) in [5.74, 6) is -0.959. The third-order valence-corrected chi connectivity index (χ3v) is 14.6. The van der Waals surface area contributed by atoms with Gasteiger partial charge in [0.15, 0.2) is 6.10 Å².